The number of ether oxygens (including phenoxy) is 3. The van der Waals surface area contributed by atoms with Gasteiger partial charge in [0.1, 0.15) is 0 Å². The molecule has 2 rings (SSSR count). The van der Waals surface area contributed by atoms with Gasteiger partial charge in [-0.25, -0.2) is 0 Å². The lowest BCUT2D eigenvalue weighted by Crippen LogP contribution is -2.36. The highest BCUT2D eigenvalue weighted by molar-refractivity contribution is 5.55. The van der Waals surface area contributed by atoms with Gasteiger partial charge < -0.3 is 19.5 Å². The third kappa shape index (κ3) is 2.50. The van der Waals surface area contributed by atoms with Gasteiger partial charge in [-0.2, -0.15) is 0 Å². The fourth-order valence-corrected chi connectivity index (χ4v) is 2.91. The van der Waals surface area contributed by atoms with Crippen molar-refractivity contribution in [3.8, 4) is 17.2 Å². The van der Waals surface area contributed by atoms with Gasteiger partial charge in [0.15, 0.2) is 11.5 Å². The summed E-state index contributed by atoms with van der Waals surface area (Å²) in [4.78, 5) is 0. The van der Waals surface area contributed by atoms with Crippen molar-refractivity contribution in [3.05, 3.63) is 17.7 Å². The number of rotatable bonds is 4. The van der Waals surface area contributed by atoms with E-state index in [2.05, 4.69) is 31.3 Å². The molecule has 1 aromatic rings. The van der Waals surface area contributed by atoms with Crippen molar-refractivity contribution in [2.75, 3.05) is 27.9 Å². The van der Waals surface area contributed by atoms with E-state index < -0.39 is 0 Å². The SMILES string of the molecule is COc1cc(C2CCNC2(C)C)cc(OC)c1OC. The van der Waals surface area contributed by atoms with E-state index in [9.17, 15) is 0 Å². The summed E-state index contributed by atoms with van der Waals surface area (Å²) < 4.78 is 16.2. The van der Waals surface area contributed by atoms with E-state index in [4.69, 9.17) is 14.2 Å². The first-order valence-electron chi connectivity index (χ1n) is 6.58. The molecule has 0 saturated carbocycles. The van der Waals surface area contributed by atoms with E-state index in [0.29, 0.717) is 11.7 Å². The lowest BCUT2D eigenvalue weighted by molar-refractivity contribution is 0.322. The van der Waals surface area contributed by atoms with Gasteiger partial charge in [0.25, 0.3) is 0 Å². The molecule has 1 aliphatic heterocycles. The van der Waals surface area contributed by atoms with Crippen molar-refractivity contribution in [2.45, 2.75) is 31.7 Å². The Bertz CT molecular complexity index is 432. The molecule has 1 atom stereocenters. The van der Waals surface area contributed by atoms with E-state index >= 15 is 0 Å². The maximum absolute atomic E-state index is 5.42. The number of hydrogen-bond donors (Lipinski definition) is 1. The van der Waals surface area contributed by atoms with Crippen molar-refractivity contribution in [2.24, 2.45) is 0 Å². The average Bonchev–Trinajstić information content (AvgIpc) is 2.76. The maximum atomic E-state index is 5.42. The van der Waals surface area contributed by atoms with E-state index in [1.54, 1.807) is 21.3 Å². The molecule has 19 heavy (non-hydrogen) atoms. The van der Waals surface area contributed by atoms with Crippen molar-refractivity contribution >= 4 is 0 Å². The van der Waals surface area contributed by atoms with Gasteiger partial charge in [-0.15, -0.1) is 0 Å². The molecule has 1 aromatic carbocycles. The number of methoxy groups -OCH3 is 3. The predicted octanol–water partition coefficient (Wildman–Crippen LogP) is 2.57. The van der Waals surface area contributed by atoms with Crippen LogP contribution in [0.4, 0.5) is 0 Å². The van der Waals surface area contributed by atoms with Gasteiger partial charge in [-0.1, -0.05) is 0 Å². The van der Waals surface area contributed by atoms with Gasteiger partial charge in [0.2, 0.25) is 5.75 Å². The summed E-state index contributed by atoms with van der Waals surface area (Å²) >= 11 is 0. The van der Waals surface area contributed by atoms with E-state index in [1.165, 1.54) is 5.56 Å². The molecule has 0 aliphatic carbocycles. The van der Waals surface area contributed by atoms with Gasteiger partial charge in [-0.05, 0) is 44.5 Å². The largest absolute Gasteiger partial charge is 0.493 e. The third-order valence-corrected chi connectivity index (χ3v) is 3.97. The molecule has 0 radical (unpaired) electrons. The molecule has 1 saturated heterocycles. The lowest BCUT2D eigenvalue weighted by Gasteiger charge is -2.28. The summed E-state index contributed by atoms with van der Waals surface area (Å²) in [7, 11) is 4.93. The van der Waals surface area contributed by atoms with Crippen LogP contribution in [0.25, 0.3) is 0 Å². The smallest absolute Gasteiger partial charge is 0.203 e. The monoisotopic (exact) mass is 265 g/mol. The Morgan fingerprint density at radius 2 is 1.63 bits per heavy atom. The van der Waals surface area contributed by atoms with Gasteiger partial charge in [-0.3, -0.25) is 0 Å². The maximum Gasteiger partial charge on any atom is 0.203 e. The highest BCUT2D eigenvalue weighted by Gasteiger charge is 2.36. The van der Waals surface area contributed by atoms with E-state index in [0.717, 1.165) is 24.5 Å². The standard InChI is InChI=1S/C15H23NO3/c1-15(2)11(6-7-16-15)10-8-12(17-3)14(19-5)13(9-10)18-4/h8-9,11,16H,6-7H2,1-5H3. The molecule has 106 valence electrons. The highest BCUT2D eigenvalue weighted by atomic mass is 16.5. The summed E-state index contributed by atoms with van der Waals surface area (Å²) in [6.45, 7) is 5.50. The van der Waals surface area contributed by atoms with Gasteiger partial charge in [0.05, 0.1) is 21.3 Å². The molecule has 1 unspecified atom stereocenters. The van der Waals surface area contributed by atoms with E-state index in [-0.39, 0.29) is 5.54 Å². The van der Waals surface area contributed by atoms with Crippen LogP contribution < -0.4 is 19.5 Å². The van der Waals surface area contributed by atoms with Crippen LogP contribution in [0.15, 0.2) is 12.1 Å². The average molecular weight is 265 g/mol. The molecule has 1 N–H and O–H groups in total. The summed E-state index contributed by atoms with van der Waals surface area (Å²) in [5.41, 5.74) is 1.31. The minimum absolute atomic E-state index is 0.0879. The van der Waals surface area contributed by atoms with Crippen molar-refractivity contribution in [1.29, 1.82) is 0 Å². The number of nitrogens with one attached hydrogen (secondary N) is 1. The van der Waals surface area contributed by atoms with Crippen molar-refractivity contribution < 1.29 is 14.2 Å². The Hall–Kier alpha value is -1.42. The first-order valence-corrected chi connectivity index (χ1v) is 6.58. The number of benzene rings is 1. The molecule has 0 bridgehead atoms. The molecule has 1 heterocycles. The van der Waals surface area contributed by atoms with Crippen LogP contribution in [0.3, 0.4) is 0 Å². The van der Waals surface area contributed by atoms with Gasteiger partial charge in [0, 0.05) is 11.5 Å². The number of hydrogen-bond acceptors (Lipinski definition) is 4. The van der Waals surface area contributed by atoms with Crippen LogP contribution in [-0.2, 0) is 0 Å². The minimum atomic E-state index is 0.0879. The van der Waals surface area contributed by atoms with Crippen LogP contribution >= 0.6 is 0 Å². The predicted molar refractivity (Wildman–Crippen MR) is 75.5 cm³/mol. The molecule has 4 heteroatoms. The molecular weight excluding hydrogens is 242 g/mol. The Balaban J connectivity index is 2.47. The fourth-order valence-electron chi connectivity index (χ4n) is 2.91. The Kier molecular flexibility index (Phi) is 3.90. The topological polar surface area (TPSA) is 39.7 Å². The van der Waals surface area contributed by atoms with E-state index in [1.807, 2.05) is 0 Å². The van der Waals surface area contributed by atoms with Crippen molar-refractivity contribution in [1.82, 2.24) is 5.32 Å². The van der Waals surface area contributed by atoms with Crippen LogP contribution in [0.1, 0.15) is 31.7 Å². The zero-order valence-electron chi connectivity index (χ0n) is 12.4. The Morgan fingerprint density at radius 1 is 1.05 bits per heavy atom. The van der Waals surface area contributed by atoms with Crippen LogP contribution in [0, 0.1) is 0 Å². The molecule has 4 nitrogen and oxygen atoms in total. The minimum Gasteiger partial charge on any atom is -0.493 e. The second-order valence-corrected chi connectivity index (χ2v) is 5.45. The zero-order valence-corrected chi connectivity index (χ0v) is 12.4. The highest BCUT2D eigenvalue weighted by Crippen LogP contribution is 2.44. The second kappa shape index (κ2) is 5.29. The Labute approximate surface area is 115 Å². The summed E-state index contributed by atoms with van der Waals surface area (Å²) in [6, 6.07) is 4.11. The van der Waals surface area contributed by atoms with Crippen LogP contribution in [0.5, 0.6) is 17.2 Å². The summed E-state index contributed by atoms with van der Waals surface area (Å²) in [5.74, 6) is 2.54. The van der Waals surface area contributed by atoms with Crippen LogP contribution in [0.2, 0.25) is 0 Å². The molecule has 0 aromatic heterocycles. The Morgan fingerprint density at radius 3 is 2.00 bits per heavy atom. The molecule has 1 aliphatic rings. The molecule has 0 spiro atoms. The third-order valence-electron chi connectivity index (χ3n) is 3.97. The first-order chi connectivity index (χ1) is 9.03. The summed E-state index contributed by atoms with van der Waals surface area (Å²) in [5, 5.41) is 3.54. The fraction of sp³-hybridized carbons (Fsp3) is 0.600. The van der Waals surface area contributed by atoms with Crippen LogP contribution in [-0.4, -0.2) is 33.4 Å². The second-order valence-electron chi connectivity index (χ2n) is 5.45. The normalized spacial score (nSPS) is 21.2. The lowest BCUT2D eigenvalue weighted by atomic mass is 9.83. The van der Waals surface area contributed by atoms with Gasteiger partial charge >= 0.3 is 0 Å². The first kappa shape index (κ1) is 14.0. The molecule has 1 fully saturated rings. The molecule has 0 amide bonds. The molecular formula is C15H23NO3. The summed E-state index contributed by atoms with van der Waals surface area (Å²) in [6.07, 6.45) is 1.12. The van der Waals surface area contributed by atoms with Crippen molar-refractivity contribution in [3.63, 3.8) is 0 Å². The quantitative estimate of drug-likeness (QED) is 0.908. The zero-order chi connectivity index (χ0) is 14.0.